The lowest BCUT2D eigenvalue weighted by atomic mass is 9.87. The van der Waals surface area contributed by atoms with Gasteiger partial charge < -0.3 is 10.3 Å². The molecule has 1 aromatic heterocycles. The van der Waals surface area contributed by atoms with Gasteiger partial charge in [0.25, 0.3) is 0 Å². The summed E-state index contributed by atoms with van der Waals surface area (Å²) in [6, 6.07) is 4.37. The molecular weight excluding hydrogens is 257 g/mol. The molecule has 17 heavy (non-hydrogen) atoms. The number of halogens is 2. The monoisotopic (exact) mass is 273 g/mol. The van der Waals surface area contributed by atoms with Crippen LogP contribution < -0.4 is 5.32 Å². The lowest BCUT2D eigenvalue weighted by Gasteiger charge is -2.16. The van der Waals surface area contributed by atoms with Crippen LogP contribution in [0.3, 0.4) is 0 Å². The van der Waals surface area contributed by atoms with Gasteiger partial charge in [0.1, 0.15) is 5.82 Å². The minimum Gasteiger partial charge on any atom is -0.384 e. The first-order valence-electron chi connectivity index (χ1n) is 5.31. The number of aromatic amines is 1. The minimum absolute atomic E-state index is 0. The van der Waals surface area contributed by atoms with Gasteiger partial charge in [-0.3, -0.25) is 0 Å². The van der Waals surface area contributed by atoms with Crippen molar-refractivity contribution in [1.82, 2.24) is 9.97 Å². The first kappa shape index (κ1) is 14.1. The fourth-order valence-corrected chi connectivity index (χ4v) is 2.30. The molecule has 0 unspecified atom stereocenters. The van der Waals surface area contributed by atoms with Gasteiger partial charge in [-0.25, -0.2) is 4.98 Å². The molecule has 1 aromatic carbocycles. The van der Waals surface area contributed by atoms with Crippen molar-refractivity contribution in [3.63, 3.8) is 0 Å². The second kappa shape index (κ2) is 4.39. The van der Waals surface area contributed by atoms with Gasteiger partial charge in [0, 0.05) is 17.6 Å². The summed E-state index contributed by atoms with van der Waals surface area (Å²) in [5, 5.41) is 3.44. The number of benzene rings is 1. The molecule has 1 aliphatic rings. The topological polar surface area (TPSA) is 40.7 Å². The van der Waals surface area contributed by atoms with E-state index >= 15 is 0 Å². The van der Waals surface area contributed by atoms with Crippen molar-refractivity contribution in [3.8, 4) is 0 Å². The standard InChI is InChI=1S/C12H15N3.2ClH/c1-7-14-10-4-8-9(5-11(10)15-7)13-6-12(8,2)3;;/h4-5,13H,6H2,1-3H3,(H,14,15);2*1H. The Balaban J connectivity index is 0.000000722. The lowest BCUT2D eigenvalue weighted by Crippen LogP contribution is -2.18. The number of rotatable bonds is 0. The van der Waals surface area contributed by atoms with Crippen molar-refractivity contribution in [2.45, 2.75) is 26.2 Å². The first-order chi connectivity index (χ1) is 7.06. The fraction of sp³-hybridized carbons (Fsp3) is 0.417. The Morgan fingerprint density at radius 2 is 1.94 bits per heavy atom. The van der Waals surface area contributed by atoms with E-state index in [-0.39, 0.29) is 30.2 Å². The third kappa shape index (κ3) is 2.09. The number of aryl methyl sites for hydroxylation is 1. The second-order valence-electron chi connectivity index (χ2n) is 4.97. The van der Waals surface area contributed by atoms with Crippen LogP contribution in [0.5, 0.6) is 0 Å². The maximum absolute atomic E-state index is 4.47. The van der Waals surface area contributed by atoms with Gasteiger partial charge in [-0.15, -0.1) is 24.8 Å². The molecule has 94 valence electrons. The second-order valence-corrected chi connectivity index (χ2v) is 4.97. The van der Waals surface area contributed by atoms with Crippen LogP contribution in [-0.2, 0) is 5.41 Å². The van der Waals surface area contributed by atoms with E-state index in [1.54, 1.807) is 0 Å². The van der Waals surface area contributed by atoms with Crippen LogP contribution in [0.1, 0.15) is 25.2 Å². The van der Waals surface area contributed by atoms with E-state index in [0.29, 0.717) is 0 Å². The van der Waals surface area contributed by atoms with E-state index in [2.05, 4.69) is 41.3 Å². The number of hydrogen-bond donors (Lipinski definition) is 2. The van der Waals surface area contributed by atoms with Gasteiger partial charge in [0.2, 0.25) is 0 Å². The van der Waals surface area contributed by atoms with E-state index in [9.17, 15) is 0 Å². The van der Waals surface area contributed by atoms with Crippen LogP contribution in [-0.4, -0.2) is 16.5 Å². The molecule has 0 radical (unpaired) electrons. The molecule has 0 atom stereocenters. The van der Waals surface area contributed by atoms with Gasteiger partial charge >= 0.3 is 0 Å². The number of nitrogens with zero attached hydrogens (tertiary/aromatic N) is 1. The number of anilines is 1. The highest BCUT2D eigenvalue weighted by molar-refractivity contribution is 5.85. The molecule has 3 nitrogen and oxygen atoms in total. The van der Waals surface area contributed by atoms with Crippen LogP contribution in [0, 0.1) is 6.92 Å². The highest BCUT2D eigenvalue weighted by Gasteiger charge is 2.30. The van der Waals surface area contributed by atoms with Crippen LogP contribution in [0.4, 0.5) is 5.69 Å². The van der Waals surface area contributed by atoms with Crippen molar-refractivity contribution in [2.24, 2.45) is 0 Å². The van der Waals surface area contributed by atoms with Crippen LogP contribution in [0.25, 0.3) is 11.0 Å². The van der Waals surface area contributed by atoms with Crippen molar-refractivity contribution in [3.05, 3.63) is 23.5 Å². The quantitative estimate of drug-likeness (QED) is 0.772. The predicted molar refractivity (Wildman–Crippen MR) is 76.8 cm³/mol. The fourth-order valence-electron chi connectivity index (χ4n) is 2.30. The molecule has 0 aliphatic carbocycles. The zero-order chi connectivity index (χ0) is 10.6. The van der Waals surface area contributed by atoms with Crippen molar-refractivity contribution < 1.29 is 0 Å². The van der Waals surface area contributed by atoms with E-state index in [4.69, 9.17) is 0 Å². The summed E-state index contributed by atoms with van der Waals surface area (Å²) >= 11 is 0. The van der Waals surface area contributed by atoms with Crippen LogP contribution in [0.15, 0.2) is 12.1 Å². The smallest absolute Gasteiger partial charge is 0.104 e. The number of aromatic nitrogens is 2. The SMILES string of the molecule is Cc1nc2cc3c(cc2[nH]1)NCC3(C)C.Cl.Cl. The molecule has 5 heteroatoms. The molecular formula is C12H17Cl2N3. The highest BCUT2D eigenvalue weighted by Crippen LogP contribution is 2.38. The van der Waals surface area contributed by atoms with Crippen LogP contribution in [0.2, 0.25) is 0 Å². The third-order valence-corrected chi connectivity index (χ3v) is 3.19. The Kier molecular flexibility index (Phi) is 3.65. The van der Waals surface area contributed by atoms with Crippen LogP contribution >= 0.6 is 24.8 Å². The number of hydrogen-bond acceptors (Lipinski definition) is 2. The molecule has 0 saturated carbocycles. The number of H-pyrrole nitrogens is 1. The lowest BCUT2D eigenvalue weighted by molar-refractivity contribution is 0.586. The van der Waals surface area contributed by atoms with Gasteiger partial charge in [-0.2, -0.15) is 0 Å². The Labute approximate surface area is 113 Å². The van der Waals surface area contributed by atoms with E-state index in [1.165, 1.54) is 11.3 Å². The summed E-state index contributed by atoms with van der Waals surface area (Å²) in [5.41, 5.74) is 5.04. The zero-order valence-corrected chi connectivity index (χ0v) is 11.8. The summed E-state index contributed by atoms with van der Waals surface area (Å²) in [6.45, 7) is 7.52. The highest BCUT2D eigenvalue weighted by atomic mass is 35.5. The molecule has 2 N–H and O–H groups in total. The van der Waals surface area contributed by atoms with Gasteiger partial charge in [-0.05, 0) is 24.6 Å². The average molecular weight is 274 g/mol. The maximum atomic E-state index is 4.47. The Hall–Kier alpha value is -0.930. The Morgan fingerprint density at radius 1 is 1.24 bits per heavy atom. The van der Waals surface area contributed by atoms with Crippen molar-refractivity contribution in [1.29, 1.82) is 0 Å². The van der Waals surface area contributed by atoms with Crippen molar-refractivity contribution >= 4 is 41.5 Å². The maximum Gasteiger partial charge on any atom is 0.104 e. The molecule has 0 saturated heterocycles. The van der Waals surface area contributed by atoms with Crippen molar-refractivity contribution in [2.75, 3.05) is 11.9 Å². The average Bonchev–Trinajstić information content (AvgIpc) is 2.64. The number of nitrogens with one attached hydrogen (secondary N) is 2. The van der Waals surface area contributed by atoms with Gasteiger partial charge in [-0.1, -0.05) is 13.8 Å². The number of imidazole rings is 1. The third-order valence-electron chi connectivity index (χ3n) is 3.19. The largest absolute Gasteiger partial charge is 0.384 e. The molecule has 0 bridgehead atoms. The minimum atomic E-state index is 0. The van der Waals surface area contributed by atoms with E-state index in [1.807, 2.05) is 6.92 Å². The summed E-state index contributed by atoms with van der Waals surface area (Å²) in [6.07, 6.45) is 0. The van der Waals surface area contributed by atoms with E-state index < -0.39 is 0 Å². The Bertz CT molecular complexity index is 546. The van der Waals surface area contributed by atoms with Gasteiger partial charge in [0.15, 0.2) is 0 Å². The molecule has 0 spiro atoms. The Morgan fingerprint density at radius 3 is 2.65 bits per heavy atom. The summed E-state index contributed by atoms with van der Waals surface area (Å²) < 4.78 is 0. The van der Waals surface area contributed by atoms with E-state index in [0.717, 1.165) is 23.4 Å². The summed E-state index contributed by atoms with van der Waals surface area (Å²) in [5.74, 6) is 0.978. The molecule has 0 amide bonds. The first-order valence-corrected chi connectivity index (χ1v) is 5.31. The predicted octanol–water partition coefficient (Wildman–Crippen LogP) is 3.42. The number of fused-ring (bicyclic) bond motifs is 2. The molecule has 0 fully saturated rings. The summed E-state index contributed by atoms with van der Waals surface area (Å²) in [7, 11) is 0. The molecule has 3 rings (SSSR count). The molecule has 1 aliphatic heterocycles. The summed E-state index contributed by atoms with van der Waals surface area (Å²) in [4.78, 5) is 7.74. The van der Waals surface area contributed by atoms with Gasteiger partial charge in [0.05, 0.1) is 11.0 Å². The normalized spacial score (nSPS) is 15.7. The molecule has 2 aromatic rings. The molecule has 2 heterocycles. The zero-order valence-electron chi connectivity index (χ0n) is 10.1.